The molecule has 1 aromatic rings. The summed E-state index contributed by atoms with van der Waals surface area (Å²) < 4.78 is 0. The van der Waals surface area contributed by atoms with Crippen molar-refractivity contribution < 1.29 is 0 Å². The summed E-state index contributed by atoms with van der Waals surface area (Å²) in [7, 11) is 4.07. The Kier molecular flexibility index (Phi) is 3.47. The van der Waals surface area contributed by atoms with Crippen molar-refractivity contribution in [2.45, 2.75) is 31.7 Å². The summed E-state index contributed by atoms with van der Waals surface area (Å²) in [6, 6.07) is 1.93. The number of hydrogen-bond acceptors (Lipinski definition) is 4. The summed E-state index contributed by atoms with van der Waals surface area (Å²) in [5, 5.41) is 3.22. The quantitative estimate of drug-likeness (QED) is 0.801. The molecule has 1 unspecified atom stereocenters. The predicted molar refractivity (Wildman–Crippen MR) is 68.5 cm³/mol. The number of anilines is 1. The first-order valence-electron chi connectivity index (χ1n) is 6.08. The van der Waals surface area contributed by atoms with Crippen LogP contribution in [-0.4, -0.2) is 41.5 Å². The first-order chi connectivity index (χ1) is 8.06. The molecule has 0 saturated heterocycles. The number of nitrogens with one attached hydrogen (secondary N) is 2. The molecule has 1 saturated carbocycles. The van der Waals surface area contributed by atoms with Gasteiger partial charge in [0.2, 0.25) is 0 Å². The van der Waals surface area contributed by atoms with E-state index in [4.69, 9.17) is 0 Å². The van der Waals surface area contributed by atoms with Crippen molar-refractivity contribution in [1.82, 2.24) is 14.9 Å². The van der Waals surface area contributed by atoms with Crippen LogP contribution in [0.15, 0.2) is 10.9 Å². The van der Waals surface area contributed by atoms with Crippen LogP contribution in [0.4, 0.5) is 5.82 Å². The zero-order valence-electron chi connectivity index (χ0n) is 10.7. The van der Waals surface area contributed by atoms with Gasteiger partial charge in [0, 0.05) is 24.6 Å². The van der Waals surface area contributed by atoms with Crippen LogP contribution in [0.25, 0.3) is 0 Å². The van der Waals surface area contributed by atoms with E-state index in [9.17, 15) is 4.79 Å². The molecule has 1 aliphatic carbocycles. The molecule has 5 heteroatoms. The minimum Gasteiger partial charge on any atom is -0.368 e. The number of likely N-dealkylation sites (N-methyl/N-ethyl adjacent to an activating group) is 1. The molecule has 94 valence electrons. The molecule has 0 radical (unpaired) electrons. The standard InChI is InChI=1S/C12H20N4O/c1-8(16(2)3)7-13-10-6-11(17)15-12(14-10)9-4-5-9/h6,8-9H,4-5,7H2,1-3H3,(H2,13,14,15,17). The number of aromatic nitrogens is 2. The molecule has 0 aliphatic heterocycles. The molecule has 0 spiro atoms. The third-order valence-corrected chi connectivity index (χ3v) is 3.18. The van der Waals surface area contributed by atoms with E-state index in [0.29, 0.717) is 17.8 Å². The first-order valence-corrected chi connectivity index (χ1v) is 6.08. The van der Waals surface area contributed by atoms with Crippen LogP contribution >= 0.6 is 0 Å². The lowest BCUT2D eigenvalue weighted by molar-refractivity contribution is 0.326. The summed E-state index contributed by atoms with van der Waals surface area (Å²) in [6.07, 6.45) is 2.28. The first kappa shape index (κ1) is 12.1. The molecule has 5 nitrogen and oxygen atoms in total. The Labute approximate surface area is 101 Å². The van der Waals surface area contributed by atoms with Gasteiger partial charge in [-0.1, -0.05) is 0 Å². The van der Waals surface area contributed by atoms with Crippen LogP contribution < -0.4 is 10.9 Å². The Morgan fingerprint density at radius 3 is 2.88 bits per heavy atom. The van der Waals surface area contributed by atoms with E-state index in [1.165, 1.54) is 6.07 Å². The summed E-state index contributed by atoms with van der Waals surface area (Å²) in [4.78, 5) is 20.8. The van der Waals surface area contributed by atoms with E-state index in [1.54, 1.807) is 0 Å². The van der Waals surface area contributed by atoms with Crippen LogP contribution in [-0.2, 0) is 0 Å². The minimum absolute atomic E-state index is 0.0677. The monoisotopic (exact) mass is 236 g/mol. The number of aromatic amines is 1. The van der Waals surface area contributed by atoms with Gasteiger partial charge < -0.3 is 15.2 Å². The molecule has 0 bridgehead atoms. The Bertz CT molecular complexity index is 436. The van der Waals surface area contributed by atoms with E-state index in [0.717, 1.165) is 25.2 Å². The number of rotatable bonds is 5. The van der Waals surface area contributed by atoms with E-state index in [2.05, 4.69) is 27.1 Å². The van der Waals surface area contributed by atoms with Crippen molar-refractivity contribution >= 4 is 5.82 Å². The highest BCUT2D eigenvalue weighted by molar-refractivity contribution is 5.34. The van der Waals surface area contributed by atoms with Gasteiger partial charge in [-0.25, -0.2) is 4.98 Å². The van der Waals surface area contributed by atoms with E-state index in [1.807, 2.05) is 14.1 Å². The smallest absolute Gasteiger partial charge is 0.252 e. The predicted octanol–water partition coefficient (Wildman–Crippen LogP) is 1.01. The minimum atomic E-state index is -0.0677. The lowest BCUT2D eigenvalue weighted by atomic mass is 10.3. The zero-order valence-corrected chi connectivity index (χ0v) is 10.7. The van der Waals surface area contributed by atoms with Gasteiger partial charge in [-0.05, 0) is 33.9 Å². The molecular weight excluding hydrogens is 216 g/mol. The van der Waals surface area contributed by atoms with E-state index in [-0.39, 0.29) is 5.56 Å². The fraction of sp³-hybridized carbons (Fsp3) is 0.667. The maximum absolute atomic E-state index is 11.5. The molecule has 1 aromatic heterocycles. The fourth-order valence-corrected chi connectivity index (χ4v) is 1.55. The zero-order chi connectivity index (χ0) is 12.4. The molecular formula is C12H20N4O. The molecule has 0 amide bonds. The van der Waals surface area contributed by atoms with Gasteiger partial charge in [0.1, 0.15) is 11.6 Å². The normalized spacial score (nSPS) is 17.2. The van der Waals surface area contributed by atoms with Crippen LogP contribution in [0.3, 0.4) is 0 Å². The van der Waals surface area contributed by atoms with E-state index >= 15 is 0 Å². The van der Waals surface area contributed by atoms with Crippen molar-refractivity contribution in [1.29, 1.82) is 0 Å². The lowest BCUT2D eigenvalue weighted by Gasteiger charge is -2.20. The second-order valence-electron chi connectivity index (χ2n) is 4.98. The SMILES string of the molecule is CC(CNc1cc(=O)[nH]c(C2CC2)n1)N(C)C. The number of hydrogen-bond donors (Lipinski definition) is 2. The van der Waals surface area contributed by atoms with Gasteiger partial charge in [0.05, 0.1) is 0 Å². The second kappa shape index (κ2) is 4.87. The van der Waals surface area contributed by atoms with Crippen molar-refractivity contribution in [3.63, 3.8) is 0 Å². The van der Waals surface area contributed by atoms with Crippen molar-refractivity contribution in [2.24, 2.45) is 0 Å². The highest BCUT2D eigenvalue weighted by Crippen LogP contribution is 2.37. The van der Waals surface area contributed by atoms with Gasteiger partial charge in [-0.15, -0.1) is 0 Å². The summed E-state index contributed by atoms with van der Waals surface area (Å²) in [5.74, 6) is 1.98. The molecule has 2 rings (SSSR count). The molecule has 0 aromatic carbocycles. The van der Waals surface area contributed by atoms with Crippen LogP contribution in [0.5, 0.6) is 0 Å². The molecule has 1 fully saturated rings. The topological polar surface area (TPSA) is 61.0 Å². The van der Waals surface area contributed by atoms with E-state index < -0.39 is 0 Å². The average molecular weight is 236 g/mol. The third-order valence-electron chi connectivity index (χ3n) is 3.18. The van der Waals surface area contributed by atoms with Gasteiger partial charge >= 0.3 is 0 Å². The van der Waals surface area contributed by atoms with Crippen LogP contribution in [0, 0.1) is 0 Å². The van der Waals surface area contributed by atoms with Crippen molar-refractivity contribution in [3.05, 3.63) is 22.2 Å². The lowest BCUT2D eigenvalue weighted by Crippen LogP contribution is -2.32. The molecule has 1 atom stereocenters. The Morgan fingerprint density at radius 2 is 2.29 bits per heavy atom. The van der Waals surface area contributed by atoms with Gasteiger partial charge in [-0.2, -0.15) is 0 Å². The molecule has 1 aliphatic rings. The van der Waals surface area contributed by atoms with Crippen molar-refractivity contribution in [2.75, 3.05) is 26.0 Å². The summed E-state index contributed by atoms with van der Waals surface area (Å²) in [5.41, 5.74) is -0.0677. The number of nitrogens with zero attached hydrogens (tertiary/aromatic N) is 2. The largest absolute Gasteiger partial charge is 0.368 e. The molecule has 2 N–H and O–H groups in total. The maximum Gasteiger partial charge on any atom is 0.252 e. The Hall–Kier alpha value is -1.36. The second-order valence-corrected chi connectivity index (χ2v) is 4.98. The fourth-order valence-electron chi connectivity index (χ4n) is 1.55. The highest BCUT2D eigenvalue weighted by atomic mass is 16.1. The van der Waals surface area contributed by atoms with Gasteiger partial charge in [0.15, 0.2) is 0 Å². The highest BCUT2D eigenvalue weighted by Gasteiger charge is 2.26. The Morgan fingerprint density at radius 1 is 1.59 bits per heavy atom. The molecule has 1 heterocycles. The molecule has 17 heavy (non-hydrogen) atoms. The summed E-state index contributed by atoms with van der Waals surface area (Å²) >= 11 is 0. The average Bonchev–Trinajstić information content (AvgIpc) is 3.08. The van der Waals surface area contributed by atoms with Crippen LogP contribution in [0.1, 0.15) is 31.5 Å². The maximum atomic E-state index is 11.5. The van der Waals surface area contributed by atoms with Crippen LogP contribution in [0.2, 0.25) is 0 Å². The van der Waals surface area contributed by atoms with Gasteiger partial charge in [0.25, 0.3) is 5.56 Å². The van der Waals surface area contributed by atoms with Crippen molar-refractivity contribution in [3.8, 4) is 0 Å². The van der Waals surface area contributed by atoms with Gasteiger partial charge in [-0.3, -0.25) is 4.79 Å². The third kappa shape index (κ3) is 3.30. The Balaban J connectivity index is 2.02. The summed E-state index contributed by atoms with van der Waals surface area (Å²) in [6.45, 7) is 2.91. The number of H-pyrrole nitrogens is 1.